The molecule has 3 heterocycles. The number of aromatic nitrogens is 2. The number of carbonyl (C=O) groups excluding carboxylic acids is 2. The lowest BCUT2D eigenvalue weighted by Gasteiger charge is -2.32. The quantitative estimate of drug-likeness (QED) is 0.703. The van der Waals surface area contributed by atoms with Crippen LogP contribution in [0.4, 0.5) is 0 Å². The molecule has 1 aromatic carbocycles. The minimum absolute atomic E-state index is 0.0247. The molecule has 1 aromatic heterocycles. The van der Waals surface area contributed by atoms with Gasteiger partial charge in [-0.25, -0.2) is 0 Å². The van der Waals surface area contributed by atoms with E-state index in [1.54, 1.807) is 12.1 Å². The summed E-state index contributed by atoms with van der Waals surface area (Å²) in [4.78, 5) is 29.7. The van der Waals surface area contributed by atoms with Crippen LogP contribution in [0.5, 0.6) is 0 Å². The summed E-state index contributed by atoms with van der Waals surface area (Å²) in [5.74, 6) is 0.628. The van der Waals surface area contributed by atoms with E-state index in [1.165, 1.54) is 5.69 Å². The van der Waals surface area contributed by atoms with Gasteiger partial charge in [0.1, 0.15) is 0 Å². The van der Waals surface area contributed by atoms with E-state index in [4.69, 9.17) is 16.7 Å². The number of aliphatic hydroxyl groups excluding tert-OH is 1. The van der Waals surface area contributed by atoms with Gasteiger partial charge in [-0.05, 0) is 75.5 Å². The Hall–Kier alpha value is -2.38. The molecule has 0 saturated carbocycles. The molecular weight excluding hydrogens is 452 g/mol. The van der Waals surface area contributed by atoms with Crippen LogP contribution in [0.25, 0.3) is 0 Å². The van der Waals surface area contributed by atoms with Crippen molar-refractivity contribution in [2.45, 2.75) is 64.0 Å². The maximum absolute atomic E-state index is 13.1. The second kappa shape index (κ2) is 10.1. The van der Waals surface area contributed by atoms with Crippen LogP contribution >= 0.6 is 11.6 Å². The smallest absolute Gasteiger partial charge is 0.274 e. The van der Waals surface area contributed by atoms with Crippen molar-refractivity contribution in [3.05, 3.63) is 51.8 Å². The van der Waals surface area contributed by atoms with Crippen LogP contribution < -0.4 is 0 Å². The van der Waals surface area contributed by atoms with Crippen molar-refractivity contribution >= 4 is 23.4 Å². The van der Waals surface area contributed by atoms with Crippen molar-refractivity contribution in [1.29, 1.82) is 0 Å². The van der Waals surface area contributed by atoms with Crippen LogP contribution in [0.2, 0.25) is 5.02 Å². The van der Waals surface area contributed by atoms with Gasteiger partial charge in [-0.2, -0.15) is 5.10 Å². The SMILES string of the molecule is O=C(c1cccc(Cl)c1)N1CCC(CCn2nc(C(=O)N3CCC(O)CC3)c3c2CCC3)CC1. The number of benzene rings is 1. The highest BCUT2D eigenvalue weighted by Gasteiger charge is 2.31. The Kier molecular flexibility index (Phi) is 6.93. The summed E-state index contributed by atoms with van der Waals surface area (Å²) in [5, 5.41) is 15.1. The van der Waals surface area contributed by atoms with Crippen LogP contribution in [0.15, 0.2) is 24.3 Å². The van der Waals surface area contributed by atoms with Gasteiger partial charge >= 0.3 is 0 Å². The standard InChI is InChI=1S/C26H33ClN4O3/c27-20-4-1-3-19(17-20)25(33)29-12-7-18(8-13-29)9-16-31-23-6-2-5-22(23)24(28-31)26(34)30-14-10-21(32)11-15-30/h1,3-4,17-18,21,32H,2,5-16H2. The number of hydrogen-bond acceptors (Lipinski definition) is 4. The Balaban J connectivity index is 1.17. The molecule has 2 amide bonds. The van der Waals surface area contributed by atoms with E-state index >= 15 is 0 Å². The van der Waals surface area contributed by atoms with E-state index in [-0.39, 0.29) is 17.9 Å². The zero-order chi connectivity index (χ0) is 23.7. The predicted molar refractivity (Wildman–Crippen MR) is 130 cm³/mol. The summed E-state index contributed by atoms with van der Waals surface area (Å²) in [5.41, 5.74) is 3.65. The number of carbonyl (C=O) groups is 2. The molecule has 2 aliphatic heterocycles. The van der Waals surface area contributed by atoms with Crippen LogP contribution in [0.1, 0.15) is 70.6 Å². The van der Waals surface area contributed by atoms with E-state index in [9.17, 15) is 14.7 Å². The van der Waals surface area contributed by atoms with E-state index in [2.05, 4.69) is 4.68 Å². The molecule has 0 atom stereocenters. The number of aryl methyl sites for hydroxylation is 1. The highest BCUT2D eigenvalue weighted by Crippen LogP contribution is 2.29. The molecule has 0 spiro atoms. The number of hydrogen-bond donors (Lipinski definition) is 1. The average Bonchev–Trinajstić information content (AvgIpc) is 3.46. The van der Waals surface area contributed by atoms with E-state index in [0.29, 0.717) is 48.1 Å². The first-order valence-electron chi connectivity index (χ1n) is 12.6. The van der Waals surface area contributed by atoms with Crippen LogP contribution in [0.3, 0.4) is 0 Å². The lowest BCUT2D eigenvalue weighted by molar-refractivity contribution is 0.0539. The summed E-state index contributed by atoms with van der Waals surface area (Å²) in [6.45, 7) is 3.55. The first-order chi connectivity index (χ1) is 16.5. The molecule has 2 fully saturated rings. The van der Waals surface area contributed by atoms with Crippen molar-refractivity contribution in [2.24, 2.45) is 5.92 Å². The molecule has 2 saturated heterocycles. The molecule has 0 radical (unpaired) electrons. The van der Waals surface area contributed by atoms with Gasteiger partial charge in [0.15, 0.2) is 5.69 Å². The van der Waals surface area contributed by atoms with Gasteiger partial charge in [0, 0.05) is 54.6 Å². The molecule has 0 bridgehead atoms. The van der Waals surface area contributed by atoms with Crippen molar-refractivity contribution in [3.63, 3.8) is 0 Å². The number of halogens is 1. The fraction of sp³-hybridized carbons (Fsp3) is 0.577. The number of rotatable bonds is 5. The molecule has 2 aromatic rings. The molecule has 7 nitrogen and oxygen atoms in total. The summed E-state index contributed by atoms with van der Waals surface area (Å²) >= 11 is 6.05. The minimum atomic E-state index is -0.292. The Labute approximate surface area is 205 Å². The van der Waals surface area contributed by atoms with Gasteiger partial charge in [-0.15, -0.1) is 0 Å². The Morgan fingerprint density at radius 1 is 1.00 bits per heavy atom. The third-order valence-corrected chi connectivity index (χ3v) is 7.92. The van der Waals surface area contributed by atoms with Crippen LogP contribution in [-0.2, 0) is 19.4 Å². The van der Waals surface area contributed by atoms with Crippen molar-refractivity contribution < 1.29 is 14.7 Å². The third-order valence-electron chi connectivity index (χ3n) is 7.68. The van der Waals surface area contributed by atoms with Crippen LogP contribution in [-0.4, -0.2) is 68.8 Å². The molecule has 1 aliphatic carbocycles. The fourth-order valence-electron chi connectivity index (χ4n) is 5.62. The average molecular weight is 485 g/mol. The van der Waals surface area contributed by atoms with Gasteiger partial charge in [0.25, 0.3) is 11.8 Å². The van der Waals surface area contributed by atoms with Gasteiger partial charge in [-0.1, -0.05) is 17.7 Å². The predicted octanol–water partition coefficient (Wildman–Crippen LogP) is 3.56. The lowest BCUT2D eigenvalue weighted by atomic mass is 9.93. The summed E-state index contributed by atoms with van der Waals surface area (Å²) in [7, 11) is 0. The third kappa shape index (κ3) is 4.86. The minimum Gasteiger partial charge on any atom is -0.393 e. The summed E-state index contributed by atoms with van der Waals surface area (Å²) in [6, 6.07) is 7.16. The summed E-state index contributed by atoms with van der Waals surface area (Å²) in [6.07, 6.45) is 6.97. The Morgan fingerprint density at radius 3 is 2.44 bits per heavy atom. The second-order valence-corrected chi connectivity index (χ2v) is 10.3. The van der Waals surface area contributed by atoms with E-state index in [0.717, 1.165) is 63.7 Å². The Morgan fingerprint density at radius 2 is 1.71 bits per heavy atom. The molecular formula is C26H33ClN4O3. The molecule has 182 valence electrons. The number of likely N-dealkylation sites (tertiary alicyclic amines) is 2. The maximum Gasteiger partial charge on any atom is 0.274 e. The van der Waals surface area contributed by atoms with E-state index < -0.39 is 0 Å². The van der Waals surface area contributed by atoms with Gasteiger partial charge in [0.05, 0.1) is 6.10 Å². The zero-order valence-electron chi connectivity index (χ0n) is 19.6. The van der Waals surface area contributed by atoms with Crippen molar-refractivity contribution in [3.8, 4) is 0 Å². The zero-order valence-corrected chi connectivity index (χ0v) is 20.3. The highest BCUT2D eigenvalue weighted by atomic mass is 35.5. The first kappa shape index (κ1) is 23.4. The largest absolute Gasteiger partial charge is 0.393 e. The molecule has 1 N–H and O–H groups in total. The molecule has 5 rings (SSSR count). The van der Waals surface area contributed by atoms with Gasteiger partial charge < -0.3 is 14.9 Å². The summed E-state index contributed by atoms with van der Waals surface area (Å²) < 4.78 is 2.08. The highest BCUT2D eigenvalue weighted by molar-refractivity contribution is 6.30. The normalized spacial score (nSPS) is 19.5. The number of aliphatic hydroxyl groups is 1. The van der Waals surface area contributed by atoms with Crippen molar-refractivity contribution in [1.82, 2.24) is 19.6 Å². The van der Waals surface area contributed by atoms with Crippen LogP contribution in [0, 0.1) is 5.92 Å². The van der Waals surface area contributed by atoms with Crippen molar-refractivity contribution in [2.75, 3.05) is 26.2 Å². The topological polar surface area (TPSA) is 78.7 Å². The maximum atomic E-state index is 13.1. The number of piperidine rings is 2. The molecule has 34 heavy (non-hydrogen) atoms. The number of nitrogens with zero attached hydrogens (tertiary/aromatic N) is 4. The fourth-order valence-corrected chi connectivity index (χ4v) is 5.81. The lowest BCUT2D eigenvalue weighted by Crippen LogP contribution is -2.40. The molecule has 3 aliphatic rings. The number of amides is 2. The Bertz CT molecular complexity index is 1050. The van der Waals surface area contributed by atoms with E-state index in [1.807, 2.05) is 21.9 Å². The van der Waals surface area contributed by atoms with Gasteiger partial charge in [-0.3, -0.25) is 14.3 Å². The second-order valence-electron chi connectivity index (χ2n) is 9.91. The van der Waals surface area contributed by atoms with Gasteiger partial charge in [0.2, 0.25) is 0 Å². The number of fused-ring (bicyclic) bond motifs is 1. The molecule has 0 unspecified atom stereocenters. The first-order valence-corrected chi connectivity index (χ1v) is 13.0. The molecule has 8 heteroatoms. The monoisotopic (exact) mass is 484 g/mol.